The third kappa shape index (κ3) is 11.4. The van der Waals surface area contributed by atoms with E-state index in [1.54, 1.807) is 12.1 Å². The second kappa shape index (κ2) is 15.5. The molecule has 8 N–H and O–H groups in total. The Morgan fingerprint density at radius 1 is 1.13 bits per heavy atom. The Hall–Kier alpha value is -4.57. The maximum Gasteiger partial charge on any atom is 0.409 e. The van der Waals surface area contributed by atoms with E-state index in [0.29, 0.717) is 24.2 Å². The first kappa shape index (κ1) is 31.5. The van der Waals surface area contributed by atoms with Gasteiger partial charge in [0.15, 0.2) is 5.13 Å². The Bertz CT molecular complexity index is 1160. The Balaban J connectivity index is 0.00000168. The highest BCUT2D eigenvalue weighted by Gasteiger charge is 2.25. The van der Waals surface area contributed by atoms with Crippen LogP contribution in [0.5, 0.6) is 0 Å². The van der Waals surface area contributed by atoms with Crippen LogP contribution < -0.4 is 21.7 Å². The van der Waals surface area contributed by atoms with Gasteiger partial charge in [0.05, 0.1) is 24.3 Å². The van der Waals surface area contributed by atoms with E-state index in [1.807, 2.05) is 17.4 Å². The molecule has 0 saturated heterocycles. The van der Waals surface area contributed by atoms with Gasteiger partial charge in [-0.1, -0.05) is 23.5 Å². The zero-order valence-electron chi connectivity index (χ0n) is 20.8. The summed E-state index contributed by atoms with van der Waals surface area (Å²) in [5.41, 5.74) is 5.94. The molecule has 1 aromatic carbocycles. The molecule has 0 aliphatic heterocycles. The molecule has 38 heavy (non-hydrogen) atoms. The molecular weight excluding hydrogens is 522 g/mol. The van der Waals surface area contributed by atoms with Crippen molar-refractivity contribution < 1.29 is 39.3 Å². The fourth-order valence-corrected chi connectivity index (χ4v) is 3.76. The van der Waals surface area contributed by atoms with Gasteiger partial charge in [0.2, 0.25) is 11.8 Å². The van der Waals surface area contributed by atoms with Crippen LogP contribution in [-0.2, 0) is 22.4 Å². The molecule has 2 rings (SSSR count). The van der Waals surface area contributed by atoms with Crippen LogP contribution >= 0.6 is 11.3 Å². The monoisotopic (exact) mass is 551 g/mol. The largest absolute Gasteiger partial charge is 0.465 e. The Morgan fingerprint density at radius 3 is 2.24 bits per heavy atom. The smallest absolute Gasteiger partial charge is 0.409 e. The lowest BCUT2D eigenvalue weighted by Crippen LogP contribution is -2.48. The Morgan fingerprint density at radius 2 is 1.74 bits per heavy atom. The van der Waals surface area contributed by atoms with Gasteiger partial charge in [-0.15, -0.1) is 0 Å². The van der Waals surface area contributed by atoms with Crippen LogP contribution in [0.25, 0.3) is 0 Å². The van der Waals surface area contributed by atoms with E-state index in [9.17, 15) is 24.3 Å². The third-order valence-electron chi connectivity index (χ3n) is 4.40. The molecule has 1 aromatic heterocycles. The molecule has 1 atom stereocenters. The van der Waals surface area contributed by atoms with Gasteiger partial charge >= 0.3 is 12.2 Å². The number of likely N-dealkylation sites (N-methyl/N-ethyl adjacent to an activating group) is 1. The van der Waals surface area contributed by atoms with Crippen LogP contribution in [0, 0.1) is 0 Å². The van der Waals surface area contributed by atoms with Crippen LogP contribution in [0.1, 0.15) is 27.9 Å². The minimum atomic E-state index is -1.33. The average Bonchev–Trinajstić information content (AvgIpc) is 3.22. The molecule has 2 aromatic rings. The fourth-order valence-electron chi connectivity index (χ4n) is 2.80. The average molecular weight is 552 g/mol. The van der Waals surface area contributed by atoms with Crippen LogP contribution in [0.4, 0.5) is 20.4 Å². The van der Waals surface area contributed by atoms with Crippen LogP contribution in [0.2, 0.25) is 0 Å². The second-order valence-electron chi connectivity index (χ2n) is 7.63. The highest BCUT2D eigenvalue weighted by Crippen LogP contribution is 2.25. The van der Waals surface area contributed by atoms with Crippen molar-refractivity contribution in [3.8, 4) is 0 Å². The van der Waals surface area contributed by atoms with Crippen molar-refractivity contribution in [3.05, 3.63) is 40.4 Å². The lowest BCUT2D eigenvalue weighted by atomic mass is 10.1. The number of benzene rings is 1. The molecule has 0 saturated carbocycles. The van der Waals surface area contributed by atoms with Crippen LogP contribution in [0.15, 0.2) is 29.3 Å². The van der Waals surface area contributed by atoms with Crippen LogP contribution in [0.3, 0.4) is 0 Å². The number of aryl methyl sites for hydroxylation is 2. The van der Waals surface area contributed by atoms with E-state index in [0.717, 1.165) is 23.2 Å². The molecule has 0 aliphatic carbocycles. The quantitative estimate of drug-likeness (QED) is 0.161. The van der Waals surface area contributed by atoms with E-state index >= 15 is 0 Å². The molecule has 16 heteroatoms. The van der Waals surface area contributed by atoms with E-state index in [-0.39, 0.29) is 15.9 Å². The number of carbonyl (C=O) groups is 5. The maximum atomic E-state index is 12.9. The summed E-state index contributed by atoms with van der Waals surface area (Å²) in [6.45, 7) is 0.765. The standard InChI is InChI=1S/C21H26N6O6S.CH3NO2/c1-12(29)24-20-26-15(17(34-20)18(30)25-16(10-28)19(31)27(2)3)9-6-13-4-7-14(8-5-13)22-11-23-21(32)33;2-1(3)4/h4-5,7-8,11,16,28H,6,9-10H2,1-3H3,(H,22,23)(H,25,30)(H,32,33)(H,24,26,29);2H2,(H,3,4)/t16-;/m0./s1. The van der Waals surface area contributed by atoms with Gasteiger partial charge in [0, 0.05) is 21.0 Å². The van der Waals surface area contributed by atoms with Gasteiger partial charge in [0.1, 0.15) is 10.9 Å². The predicted molar refractivity (Wildman–Crippen MR) is 139 cm³/mol. The number of primary amides is 1. The molecular formula is C22H29N7O8S. The number of aliphatic hydroxyl groups is 1. The summed E-state index contributed by atoms with van der Waals surface area (Å²) in [6, 6.07) is 5.94. The summed E-state index contributed by atoms with van der Waals surface area (Å²) in [7, 11) is 3.03. The molecule has 15 nitrogen and oxygen atoms in total. The number of rotatable bonds is 10. The van der Waals surface area contributed by atoms with Crippen molar-refractivity contribution in [1.82, 2.24) is 20.5 Å². The molecule has 206 valence electrons. The number of thiazole rings is 1. The van der Waals surface area contributed by atoms with Gasteiger partial charge in [-0.3, -0.25) is 19.7 Å². The summed E-state index contributed by atoms with van der Waals surface area (Å²) in [5.74, 6) is -1.36. The summed E-state index contributed by atoms with van der Waals surface area (Å²) in [6.07, 6.45) is -0.589. The first-order chi connectivity index (χ1) is 17.8. The second-order valence-corrected chi connectivity index (χ2v) is 8.63. The topological polar surface area (TPSA) is 237 Å². The highest BCUT2D eigenvalue weighted by molar-refractivity contribution is 7.17. The fraction of sp³-hybridized carbons (Fsp3) is 0.318. The number of hydrogen-bond donors (Lipinski definition) is 7. The SMILES string of the molecule is CC(=O)Nc1nc(CCc2ccc(N=CNC(=O)O)cc2)c(C(=O)N[C@@H](CO)C(=O)N(C)C)s1.NC(=O)O. The minimum Gasteiger partial charge on any atom is -0.465 e. The Kier molecular flexibility index (Phi) is 12.9. The van der Waals surface area contributed by atoms with Crippen molar-refractivity contribution in [2.75, 3.05) is 26.0 Å². The van der Waals surface area contributed by atoms with E-state index in [4.69, 9.17) is 15.0 Å². The number of aromatic nitrogens is 1. The van der Waals surface area contributed by atoms with Crippen LogP contribution in [-0.4, -0.2) is 88.2 Å². The van der Waals surface area contributed by atoms with E-state index < -0.39 is 36.6 Å². The number of aliphatic imine (C=N–C) groups is 1. The van der Waals surface area contributed by atoms with Gasteiger partial charge < -0.3 is 36.6 Å². The van der Waals surface area contributed by atoms with Gasteiger partial charge in [-0.2, -0.15) is 0 Å². The number of carbonyl (C=O) groups excluding carboxylic acids is 3. The number of nitrogens with zero attached hydrogens (tertiary/aromatic N) is 3. The summed E-state index contributed by atoms with van der Waals surface area (Å²) in [4.78, 5) is 65.5. The molecule has 0 aliphatic rings. The Labute approximate surface area is 221 Å². The van der Waals surface area contributed by atoms with Crippen molar-refractivity contribution in [3.63, 3.8) is 0 Å². The lowest BCUT2D eigenvalue weighted by molar-refractivity contribution is -0.131. The lowest BCUT2D eigenvalue weighted by Gasteiger charge is -2.19. The van der Waals surface area contributed by atoms with E-state index in [2.05, 4.69) is 26.3 Å². The van der Waals surface area contributed by atoms with Gasteiger partial charge in [-0.05, 0) is 30.5 Å². The summed E-state index contributed by atoms with van der Waals surface area (Å²) >= 11 is 0.982. The van der Waals surface area contributed by atoms with Crippen molar-refractivity contribution in [2.24, 2.45) is 10.7 Å². The minimum absolute atomic E-state index is 0.231. The number of amides is 5. The zero-order valence-corrected chi connectivity index (χ0v) is 21.6. The molecule has 1 heterocycles. The molecule has 0 fully saturated rings. The summed E-state index contributed by atoms with van der Waals surface area (Å²) in [5, 5.41) is 32.6. The number of hydrogen-bond acceptors (Lipinski definition) is 9. The maximum absolute atomic E-state index is 12.9. The third-order valence-corrected chi connectivity index (χ3v) is 5.41. The van der Waals surface area contributed by atoms with Gasteiger partial charge in [0.25, 0.3) is 5.91 Å². The predicted octanol–water partition coefficient (Wildman–Crippen LogP) is 0.616. The van der Waals surface area contributed by atoms with E-state index in [1.165, 1.54) is 25.9 Å². The number of nitrogens with two attached hydrogens (primary N) is 1. The number of aliphatic hydroxyl groups excluding tert-OH is 1. The summed E-state index contributed by atoms with van der Waals surface area (Å²) < 4.78 is 0. The zero-order chi connectivity index (χ0) is 28.8. The molecule has 0 spiro atoms. The van der Waals surface area contributed by atoms with Crippen molar-refractivity contribution >= 4 is 58.4 Å². The van der Waals surface area contributed by atoms with Crippen molar-refractivity contribution in [1.29, 1.82) is 0 Å². The van der Waals surface area contributed by atoms with Crippen molar-refractivity contribution in [2.45, 2.75) is 25.8 Å². The molecule has 0 bridgehead atoms. The molecule has 0 radical (unpaired) electrons. The normalized spacial score (nSPS) is 11.1. The molecule has 5 amide bonds. The number of nitrogens with one attached hydrogen (secondary N) is 3. The first-order valence-corrected chi connectivity index (χ1v) is 11.6. The highest BCUT2D eigenvalue weighted by atomic mass is 32.1. The van der Waals surface area contributed by atoms with Gasteiger partial charge in [-0.25, -0.2) is 19.6 Å². The number of anilines is 1. The number of carboxylic acid groups (broad SMARTS) is 2. The first-order valence-electron chi connectivity index (χ1n) is 10.8. The molecule has 0 unspecified atom stereocenters.